The molecule has 6 saturated carbocycles. The number of hydrogen-bond acceptors (Lipinski definition) is 8. The lowest BCUT2D eigenvalue weighted by Crippen LogP contribution is -2.53. The Morgan fingerprint density at radius 2 is 0.980 bits per heavy atom. The van der Waals surface area contributed by atoms with Crippen LogP contribution in [-0.4, -0.2) is 80.9 Å². The number of rotatable bonds is 6. The third-order valence-electron chi connectivity index (χ3n) is 12.7. The monoisotopic (exact) mass is 688 g/mol. The molecule has 2 aliphatic heterocycles. The number of likely N-dealkylation sites (tertiary alicyclic amines) is 2. The molecule has 10 rings (SSSR count). The van der Waals surface area contributed by atoms with Gasteiger partial charge in [0.25, 0.3) is 11.8 Å². The number of carbonyl (C=O) groups excluding carboxylic acids is 4. The Labute approximate surface area is 289 Å². The van der Waals surface area contributed by atoms with E-state index in [2.05, 4.69) is 9.97 Å². The van der Waals surface area contributed by atoms with Crippen LogP contribution in [0.3, 0.4) is 0 Å². The zero-order chi connectivity index (χ0) is 34.3. The van der Waals surface area contributed by atoms with E-state index in [9.17, 15) is 28.0 Å². The smallest absolute Gasteiger partial charge is 0.309 e. The minimum atomic E-state index is -0.451. The second-order valence-corrected chi connectivity index (χ2v) is 16.2. The molecule has 50 heavy (non-hydrogen) atoms. The van der Waals surface area contributed by atoms with Crippen molar-refractivity contribution in [2.24, 2.45) is 47.3 Å². The number of esters is 2. The van der Waals surface area contributed by atoms with Crippen molar-refractivity contribution in [1.29, 1.82) is 0 Å². The van der Waals surface area contributed by atoms with Gasteiger partial charge in [-0.25, -0.2) is 18.7 Å². The molecule has 0 radical (unpaired) electrons. The molecule has 10 atom stereocenters. The zero-order valence-electron chi connectivity index (χ0n) is 27.9. The van der Waals surface area contributed by atoms with Crippen molar-refractivity contribution >= 4 is 23.8 Å². The average Bonchev–Trinajstić information content (AvgIpc) is 4.03. The quantitative estimate of drug-likeness (QED) is 0.397. The van der Waals surface area contributed by atoms with Gasteiger partial charge in [0.2, 0.25) is 0 Å². The molecule has 2 amide bonds. The minimum Gasteiger partial charge on any atom is -0.460 e. The molecular weight excluding hydrogens is 646 g/mol. The molecule has 6 aliphatic carbocycles. The third-order valence-corrected chi connectivity index (χ3v) is 12.7. The van der Waals surface area contributed by atoms with Crippen LogP contribution in [0.5, 0.6) is 0 Å². The summed E-state index contributed by atoms with van der Waals surface area (Å²) in [6.07, 6.45) is 11.8. The van der Waals surface area contributed by atoms with Crippen LogP contribution in [0, 0.1) is 59.0 Å². The molecule has 10 nitrogen and oxygen atoms in total. The molecule has 0 N–H and O–H groups in total. The summed E-state index contributed by atoms with van der Waals surface area (Å²) in [6, 6.07) is 5.30. The van der Waals surface area contributed by atoms with Crippen molar-refractivity contribution in [2.75, 3.05) is 13.1 Å². The fourth-order valence-electron chi connectivity index (χ4n) is 10.4. The average molecular weight is 689 g/mol. The normalized spacial score (nSPS) is 35.7. The number of pyridine rings is 2. The first-order chi connectivity index (χ1) is 24.2. The lowest BCUT2D eigenvalue weighted by molar-refractivity contribution is -0.155. The highest BCUT2D eigenvalue weighted by Gasteiger charge is 2.59. The first-order valence-corrected chi connectivity index (χ1v) is 18.5. The van der Waals surface area contributed by atoms with Gasteiger partial charge in [-0.3, -0.25) is 19.2 Å². The highest BCUT2D eigenvalue weighted by Crippen LogP contribution is 2.54. The van der Waals surface area contributed by atoms with Gasteiger partial charge in [0.1, 0.15) is 35.2 Å². The van der Waals surface area contributed by atoms with Crippen LogP contribution in [0.4, 0.5) is 8.78 Å². The van der Waals surface area contributed by atoms with Crippen LogP contribution in [0.2, 0.25) is 0 Å². The highest BCUT2D eigenvalue weighted by molar-refractivity contribution is 5.93. The van der Waals surface area contributed by atoms with Crippen LogP contribution >= 0.6 is 0 Å². The van der Waals surface area contributed by atoms with Crippen molar-refractivity contribution in [2.45, 2.75) is 88.5 Å². The number of halogens is 2. The van der Waals surface area contributed by atoms with Crippen LogP contribution in [0.1, 0.15) is 85.2 Å². The van der Waals surface area contributed by atoms with E-state index in [1.54, 1.807) is 0 Å². The third kappa shape index (κ3) is 5.86. The van der Waals surface area contributed by atoms with Gasteiger partial charge in [0.05, 0.1) is 36.3 Å². The Balaban J connectivity index is 0.000000135. The Morgan fingerprint density at radius 3 is 1.34 bits per heavy atom. The number of piperidine rings is 2. The summed E-state index contributed by atoms with van der Waals surface area (Å²) in [6.45, 7) is 1.38. The highest BCUT2D eigenvalue weighted by atomic mass is 19.1. The Hall–Kier alpha value is -3.96. The van der Waals surface area contributed by atoms with Gasteiger partial charge in [-0.15, -0.1) is 0 Å². The minimum absolute atomic E-state index is 0.0502. The molecule has 8 aliphatic rings. The second kappa shape index (κ2) is 12.4. The molecule has 264 valence electrons. The Bertz CT molecular complexity index is 1560. The molecule has 2 saturated heterocycles. The van der Waals surface area contributed by atoms with Crippen molar-refractivity contribution in [3.05, 3.63) is 59.7 Å². The number of amides is 2. The van der Waals surface area contributed by atoms with E-state index < -0.39 is 11.6 Å². The SMILES string of the molecule is O=C(O[C@@H]1[C@H]2C[C@@H]3C[C@H](C2)[C@@H]1N(C(=O)c1ccc(F)cn1)C3)C1CC1.O=C(O[C@@H]1[C@H]2C[C@@H]3C[C@H](C2)[C@@H]1N(C(=O)c1ccc(F)cn1)C3)C1CC1. The first-order valence-electron chi connectivity index (χ1n) is 18.5. The molecule has 0 spiro atoms. The number of fused-ring (bicyclic) bond motifs is 4. The fraction of sp³-hybridized carbons (Fsp3) is 0.632. The topological polar surface area (TPSA) is 119 Å². The van der Waals surface area contributed by atoms with Crippen molar-refractivity contribution in [3.8, 4) is 0 Å². The second-order valence-electron chi connectivity index (χ2n) is 16.2. The molecular formula is C38H42F2N4O6. The van der Waals surface area contributed by atoms with E-state index >= 15 is 0 Å². The predicted octanol–water partition coefficient (Wildman–Crippen LogP) is 4.83. The van der Waals surface area contributed by atoms with Crippen molar-refractivity contribution < 1.29 is 37.4 Å². The maximum Gasteiger partial charge on any atom is 0.309 e. The summed E-state index contributed by atoms with van der Waals surface area (Å²) in [5, 5.41) is 0. The maximum absolute atomic E-state index is 13.1. The van der Waals surface area contributed by atoms with Gasteiger partial charge in [-0.1, -0.05) is 0 Å². The summed E-state index contributed by atoms with van der Waals surface area (Å²) in [5.41, 5.74) is 0.525. The summed E-state index contributed by atoms with van der Waals surface area (Å²) in [4.78, 5) is 62.1. The lowest BCUT2D eigenvalue weighted by Gasteiger charge is -2.42. The molecule has 8 fully saturated rings. The Morgan fingerprint density at radius 1 is 0.580 bits per heavy atom. The molecule has 2 aromatic heterocycles. The summed E-state index contributed by atoms with van der Waals surface area (Å²) in [5.74, 6) is 1.19. The van der Waals surface area contributed by atoms with Crippen molar-refractivity contribution in [1.82, 2.24) is 19.8 Å². The van der Waals surface area contributed by atoms with E-state index in [4.69, 9.17) is 9.47 Å². The lowest BCUT2D eigenvalue weighted by atomic mass is 9.78. The molecule has 4 heterocycles. The number of nitrogens with zero attached hydrogens (tertiary/aromatic N) is 4. The summed E-state index contributed by atoms with van der Waals surface area (Å²) >= 11 is 0. The predicted molar refractivity (Wildman–Crippen MR) is 172 cm³/mol. The molecule has 6 bridgehead atoms. The number of ether oxygens (including phenoxy) is 2. The summed E-state index contributed by atoms with van der Waals surface area (Å²) in [7, 11) is 0. The largest absolute Gasteiger partial charge is 0.460 e. The van der Waals surface area contributed by atoms with Gasteiger partial charge in [0, 0.05) is 13.1 Å². The van der Waals surface area contributed by atoms with Crippen LogP contribution < -0.4 is 0 Å². The molecule has 2 aromatic rings. The Kier molecular flexibility index (Phi) is 7.91. The summed E-state index contributed by atoms with van der Waals surface area (Å²) < 4.78 is 38.0. The van der Waals surface area contributed by atoms with E-state index in [0.717, 1.165) is 76.6 Å². The van der Waals surface area contributed by atoms with Gasteiger partial charge >= 0.3 is 11.9 Å². The fourth-order valence-corrected chi connectivity index (χ4v) is 10.4. The van der Waals surface area contributed by atoms with Crippen molar-refractivity contribution in [3.63, 3.8) is 0 Å². The van der Waals surface area contributed by atoms with Gasteiger partial charge in [0.15, 0.2) is 0 Å². The number of carbonyl (C=O) groups is 4. The van der Waals surface area contributed by atoms with E-state index in [0.29, 0.717) is 48.6 Å². The van der Waals surface area contributed by atoms with Gasteiger partial charge in [-0.2, -0.15) is 0 Å². The van der Waals surface area contributed by atoms with Gasteiger partial charge in [-0.05, 0) is 124 Å². The molecule has 12 heteroatoms. The van der Waals surface area contributed by atoms with Crippen LogP contribution in [0.25, 0.3) is 0 Å². The first kappa shape index (κ1) is 32.0. The van der Waals surface area contributed by atoms with Gasteiger partial charge < -0.3 is 19.3 Å². The number of aromatic nitrogens is 2. The maximum atomic E-state index is 13.1. The van der Waals surface area contributed by atoms with Crippen LogP contribution in [-0.2, 0) is 19.1 Å². The standard InChI is InChI=1S/2C19H21FN2O3/c2*20-14-3-4-15(21-8-14)18(23)22-9-10-5-12-7-13(6-10)17(16(12)22)25-19(24)11-1-2-11/h2*3-4,8,10-13,16-17H,1-2,5-7,9H2/t2*10-,12+,13-,16-,17+/m00/s1. The van der Waals surface area contributed by atoms with Crippen LogP contribution in [0.15, 0.2) is 36.7 Å². The number of hydrogen-bond donors (Lipinski definition) is 0. The van der Waals surface area contributed by atoms with E-state index in [1.165, 1.54) is 24.3 Å². The molecule has 0 unspecified atom stereocenters. The molecule has 0 aromatic carbocycles. The van der Waals surface area contributed by atoms with E-state index in [-0.39, 0.29) is 71.3 Å². The zero-order valence-corrected chi connectivity index (χ0v) is 27.9. The van der Waals surface area contributed by atoms with E-state index in [1.807, 2.05) is 9.80 Å².